The fraction of sp³-hybridized carbons (Fsp3) is 0.0357. The minimum absolute atomic E-state index is 0.0711. The molecule has 9 aromatic carbocycles. The average molecular weight is 713 g/mol. The molecule has 0 amide bonds. The monoisotopic (exact) mass is 712 g/mol. The van der Waals surface area contributed by atoms with Crippen LogP contribution in [0.25, 0.3) is 44.5 Å². The first-order chi connectivity index (χ1) is 27.8. The Hall–Kier alpha value is -7.02. The zero-order valence-corrected chi connectivity index (χ0v) is 31.1. The maximum atomic E-state index is 2.42. The third-order valence-corrected chi connectivity index (χ3v) is 11.7. The lowest BCUT2D eigenvalue weighted by Gasteiger charge is -2.33. The molecule has 0 fully saturated rings. The average Bonchev–Trinajstić information content (AvgIpc) is 3.59. The minimum atomic E-state index is -0.394. The fourth-order valence-corrected chi connectivity index (χ4v) is 9.10. The topological polar surface area (TPSA) is 0 Å². The van der Waals surface area contributed by atoms with Crippen molar-refractivity contribution in [2.45, 2.75) is 11.3 Å². The number of fused-ring (bicyclic) bond motifs is 3. The zero-order chi connectivity index (χ0) is 37.3. The van der Waals surface area contributed by atoms with Crippen molar-refractivity contribution in [3.63, 3.8) is 0 Å². The van der Waals surface area contributed by atoms with Crippen LogP contribution >= 0.6 is 0 Å². The third-order valence-electron chi connectivity index (χ3n) is 11.7. The summed E-state index contributed by atoms with van der Waals surface area (Å²) >= 11 is 0. The lowest BCUT2D eigenvalue weighted by Crippen LogP contribution is -2.28. The summed E-state index contributed by atoms with van der Waals surface area (Å²) in [5.41, 5.74) is 18.6. The smallest absolute Gasteiger partial charge is 0.0622 e. The van der Waals surface area contributed by atoms with Crippen molar-refractivity contribution < 1.29 is 0 Å². The molecule has 0 nitrogen and oxygen atoms in total. The summed E-state index contributed by atoms with van der Waals surface area (Å²) in [6, 6.07) is 86.9. The van der Waals surface area contributed by atoms with Gasteiger partial charge in [0.05, 0.1) is 5.41 Å². The van der Waals surface area contributed by atoms with E-state index in [0.29, 0.717) is 0 Å². The van der Waals surface area contributed by atoms with Crippen molar-refractivity contribution in [3.8, 4) is 44.5 Å². The van der Waals surface area contributed by atoms with Gasteiger partial charge in [-0.05, 0) is 89.5 Å². The first-order valence-corrected chi connectivity index (χ1v) is 19.5. The number of rotatable bonds is 8. The summed E-state index contributed by atoms with van der Waals surface area (Å²) < 4.78 is 0. The Morgan fingerprint density at radius 1 is 0.250 bits per heavy atom. The normalized spacial score (nSPS) is 13.1. The molecule has 0 saturated carbocycles. The fourth-order valence-electron chi connectivity index (χ4n) is 9.10. The molecule has 264 valence electrons. The van der Waals surface area contributed by atoms with Crippen LogP contribution in [0.15, 0.2) is 237 Å². The molecular weight excluding hydrogens is 673 g/mol. The minimum Gasteiger partial charge on any atom is -0.0622 e. The van der Waals surface area contributed by atoms with Crippen LogP contribution in [0.4, 0.5) is 0 Å². The molecule has 0 aliphatic heterocycles. The van der Waals surface area contributed by atoms with Gasteiger partial charge in [0.2, 0.25) is 0 Å². The summed E-state index contributed by atoms with van der Waals surface area (Å²) in [6.07, 6.45) is 0. The predicted octanol–water partition coefficient (Wildman–Crippen LogP) is 14.2. The van der Waals surface area contributed by atoms with E-state index < -0.39 is 5.41 Å². The van der Waals surface area contributed by atoms with Gasteiger partial charge in [0.25, 0.3) is 0 Å². The van der Waals surface area contributed by atoms with Gasteiger partial charge in [-0.1, -0.05) is 231 Å². The molecular formula is C56H40. The van der Waals surface area contributed by atoms with E-state index in [1.807, 2.05) is 0 Å². The Labute approximate surface area is 330 Å². The first-order valence-electron chi connectivity index (χ1n) is 19.5. The van der Waals surface area contributed by atoms with E-state index in [2.05, 4.69) is 237 Å². The molecule has 0 spiro atoms. The van der Waals surface area contributed by atoms with Crippen LogP contribution < -0.4 is 0 Å². The van der Waals surface area contributed by atoms with Gasteiger partial charge in [0.1, 0.15) is 0 Å². The SMILES string of the molecule is c1ccc(-c2ccc(C(c3ccc(-c4ccc5c(c4)-c4ccccc4C5(c4ccccc4)c4ccccc4)cc3)c3cccc(-c4ccccc4)c3)cc2)cc1. The number of benzene rings is 9. The Bertz CT molecular complexity index is 2710. The number of hydrogen-bond acceptors (Lipinski definition) is 0. The van der Waals surface area contributed by atoms with Gasteiger partial charge in [-0.2, -0.15) is 0 Å². The standard InChI is InChI=1S/C56H40/c1-5-16-40(17-6-1)42-28-32-44(33-29-42)55(48-21-15-20-46(38-48)41-18-7-2-8-19-41)45-34-30-43(31-35-45)47-36-37-54-52(39-47)51-26-13-14-27-53(51)56(54,49-22-9-3-10-23-49)50-24-11-4-12-25-50/h1-39,55H. The Morgan fingerprint density at radius 3 is 1.25 bits per heavy atom. The van der Waals surface area contributed by atoms with Crippen LogP contribution in [0.1, 0.15) is 44.9 Å². The summed E-state index contributed by atoms with van der Waals surface area (Å²) in [7, 11) is 0. The highest BCUT2D eigenvalue weighted by Gasteiger charge is 2.45. The summed E-state index contributed by atoms with van der Waals surface area (Å²) in [5.74, 6) is 0.0711. The lowest BCUT2D eigenvalue weighted by molar-refractivity contribution is 0.768. The molecule has 1 atom stereocenters. The highest BCUT2D eigenvalue weighted by molar-refractivity contribution is 5.89. The van der Waals surface area contributed by atoms with Crippen molar-refractivity contribution in [1.82, 2.24) is 0 Å². The largest absolute Gasteiger partial charge is 0.0713 e. The van der Waals surface area contributed by atoms with E-state index in [9.17, 15) is 0 Å². The first kappa shape index (κ1) is 33.5. The molecule has 0 radical (unpaired) electrons. The Kier molecular flexibility index (Phi) is 8.58. The predicted molar refractivity (Wildman–Crippen MR) is 234 cm³/mol. The molecule has 0 heteroatoms. The van der Waals surface area contributed by atoms with E-state index in [-0.39, 0.29) is 5.92 Å². The van der Waals surface area contributed by atoms with Gasteiger partial charge in [-0.15, -0.1) is 0 Å². The third kappa shape index (κ3) is 5.79. The van der Waals surface area contributed by atoms with Crippen LogP contribution in [-0.4, -0.2) is 0 Å². The highest BCUT2D eigenvalue weighted by atomic mass is 14.5. The second-order valence-corrected chi connectivity index (χ2v) is 14.8. The molecule has 0 saturated heterocycles. The van der Waals surface area contributed by atoms with Crippen LogP contribution in [0.3, 0.4) is 0 Å². The second-order valence-electron chi connectivity index (χ2n) is 14.8. The molecule has 10 rings (SSSR count). The van der Waals surface area contributed by atoms with Crippen molar-refractivity contribution in [2.24, 2.45) is 0 Å². The molecule has 1 aliphatic carbocycles. The second kappa shape index (κ2) is 14.3. The van der Waals surface area contributed by atoms with Gasteiger partial charge >= 0.3 is 0 Å². The Morgan fingerprint density at radius 2 is 0.661 bits per heavy atom. The highest BCUT2D eigenvalue weighted by Crippen LogP contribution is 2.56. The maximum absolute atomic E-state index is 2.42. The van der Waals surface area contributed by atoms with Crippen LogP contribution in [0.5, 0.6) is 0 Å². The molecule has 0 N–H and O–H groups in total. The van der Waals surface area contributed by atoms with Gasteiger partial charge < -0.3 is 0 Å². The maximum Gasteiger partial charge on any atom is 0.0713 e. The number of hydrogen-bond donors (Lipinski definition) is 0. The molecule has 0 heterocycles. The van der Waals surface area contributed by atoms with E-state index in [1.165, 1.54) is 83.5 Å². The van der Waals surface area contributed by atoms with Crippen molar-refractivity contribution >= 4 is 0 Å². The van der Waals surface area contributed by atoms with E-state index in [1.54, 1.807) is 0 Å². The van der Waals surface area contributed by atoms with Crippen molar-refractivity contribution in [3.05, 3.63) is 276 Å². The van der Waals surface area contributed by atoms with Crippen molar-refractivity contribution in [2.75, 3.05) is 0 Å². The quantitative estimate of drug-likeness (QED) is 0.138. The van der Waals surface area contributed by atoms with Crippen molar-refractivity contribution in [1.29, 1.82) is 0 Å². The molecule has 1 unspecified atom stereocenters. The Balaban J connectivity index is 1.07. The molecule has 56 heavy (non-hydrogen) atoms. The van der Waals surface area contributed by atoms with Gasteiger partial charge in [-0.25, -0.2) is 0 Å². The van der Waals surface area contributed by atoms with E-state index >= 15 is 0 Å². The lowest BCUT2D eigenvalue weighted by atomic mass is 9.67. The molecule has 0 bridgehead atoms. The van der Waals surface area contributed by atoms with Crippen LogP contribution in [0, 0.1) is 0 Å². The zero-order valence-electron chi connectivity index (χ0n) is 31.1. The molecule has 1 aliphatic rings. The summed E-state index contributed by atoms with van der Waals surface area (Å²) in [4.78, 5) is 0. The van der Waals surface area contributed by atoms with Crippen LogP contribution in [-0.2, 0) is 5.41 Å². The molecule has 0 aromatic heterocycles. The van der Waals surface area contributed by atoms with E-state index in [4.69, 9.17) is 0 Å². The van der Waals surface area contributed by atoms with E-state index in [0.717, 1.165) is 0 Å². The van der Waals surface area contributed by atoms with Gasteiger partial charge in [-0.3, -0.25) is 0 Å². The molecule has 9 aromatic rings. The van der Waals surface area contributed by atoms with Gasteiger partial charge in [0, 0.05) is 5.92 Å². The van der Waals surface area contributed by atoms with Gasteiger partial charge in [0.15, 0.2) is 0 Å². The summed E-state index contributed by atoms with van der Waals surface area (Å²) in [5, 5.41) is 0. The summed E-state index contributed by atoms with van der Waals surface area (Å²) in [6.45, 7) is 0. The van der Waals surface area contributed by atoms with Crippen LogP contribution in [0.2, 0.25) is 0 Å².